The first-order valence-corrected chi connectivity index (χ1v) is 10.3. The summed E-state index contributed by atoms with van der Waals surface area (Å²) < 4.78 is 11.2. The Morgan fingerprint density at radius 2 is 1.76 bits per heavy atom. The first kappa shape index (κ1) is 21.3. The van der Waals surface area contributed by atoms with Gasteiger partial charge >= 0.3 is 6.09 Å². The Balaban J connectivity index is 1.79. The van der Waals surface area contributed by atoms with Gasteiger partial charge in [0.05, 0.1) is 18.5 Å². The molecule has 0 saturated carbocycles. The number of methoxy groups -OCH3 is 1. The van der Waals surface area contributed by atoms with Gasteiger partial charge in [-0.3, -0.25) is 4.79 Å². The standard InChI is InChI=1S/C22H33N3O4/c1-15-7-8-16-13-18(19(28-6)14-17(16)23(5)20(15)26)24-9-11-25(12-10-24)21(27)29-22(2,3)4/h13-15H,7-12H2,1-6H3. The summed E-state index contributed by atoms with van der Waals surface area (Å²) in [6.07, 6.45) is 1.44. The van der Waals surface area contributed by atoms with Crippen LogP contribution in [0.4, 0.5) is 16.2 Å². The van der Waals surface area contributed by atoms with E-state index in [0.29, 0.717) is 26.2 Å². The molecular weight excluding hydrogens is 370 g/mol. The fraction of sp³-hybridized carbons (Fsp3) is 0.636. The molecule has 0 bridgehead atoms. The lowest BCUT2D eigenvalue weighted by Crippen LogP contribution is -2.50. The number of ether oxygens (including phenoxy) is 2. The molecule has 29 heavy (non-hydrogen) atoms. The van der Waals surface area contributed by atoms with E-state index in [1.807, 2.05) is 40.8 Å². The summed E-state index contributed by atoms with van der Waals surface area (Å²) in [6.45, 7) is 10.2. The smallest absolute Gasteiger partial charge is 0.410 e. The minimum Gasteiger partial charge on any atom is -0.495 e. The van der Waals surface area contributed by atoms with Gasteiger partial charge in [-0.05, 0) is 45.2 Å². The molecule has 1 aromatic rings. The highest BCUT2D eigenvalue weighted by atomic mass is 16.6. The third kappa shape index (κ3) is 4.60. The van der Waals surface area contributed by atoms with Gasteiger partial charge in [0.25, 0.3) is 0 Å². The molecular formula is C22H33N3O4. The Labute approximate surface area is 173 Å². The van der Waals surface area contributed by atoms with Crippen molar-refractivity contribution < 1.29 is 19.1 Å². The maximum absolute atomic E-state index is 12.5. The number of nitrogens with zero attached hydrogens (tertiary/aromatic N) is 3. The van der Waals surface area contributed by atoms with Gasteiger partial charge in [-0.2, -0.15) is 0 Å². The highest BCUT2D eigenvalue weighted by molar-refractivity contribution is 5.96. The van der Waals surface area contributed by atoms with Crippen LogP contribution < -0.4 is 14.5 Å². The molecule has 1 unspecified atom stereocenters. The number of carbonyl (C=O) groups is 2. The maximum atomic E-state index is 12.5. The lowest BCUT2D eigenvalue weighted by molar-refractivity contribution is -0.121. The number of anilines is 2. The second kappa shape index (κ2) is 8.13. The Morgan fingerprint density at radius 3 is 2.34 bits per heavy atom. The van der Waals surface area contributed by atoms with E-state index < -0.39 is 5.60 Å². The molecule has 2 aliphatic rings. The van der Waals surface area contributed by atoms with Crippen LogP contribution in [0, 0.1) is 5.92 Å². The molecule has 1 atom stereocenters. The molecule has 1 fully saturated rings. The minimum absolute atomic E-state index is 0.0132. The summed E-state index contributed by atoms with van der Waals surface area (Å²) in [7, 11) is 3.49. The van der Waals surface area contributed by atoms with Crippen molar-refractivity contribution in [2.24, 2.45) is 5.92 Å². The summed E-state index contributed by atoms with van der Waals surface area (Å²) in [4.78, 5) is 30.6. The summed E-state index contributed by atoms with van der Waals surface area (Å²) in [5, 5.41) is 0. The number of rotatable bonds is 2. The number of piperazine rings is 1. The Morgan fingerprint density at radius 1 is 1.10 bits per heavy atom. The first-order valence-electron chi connectivity index (χ1n) is 10.3. The van der Waals surface area contributed by atoms with Crippen molar-refractivity contribution in [3.05, 3.63) is 17.7 Å². The maximum Gasteiger partial charge on any atom is 0.410 e. The molecule has 0 aliphatic carbocycles. The number of fused-ring (bicyclic) bond motifs is 1. The van der Waals surface area contributed by atoms with Crippen molar-refractivity contribution in [1.82, 2.24) is 4.90 Å². The molecule has 2 heterocycles. The molecule has 1 saturated heterocycles. The Kier molecular flexibility index (Phi) is 5.96. The second-order valence-electron chi connectivity index (χ2n) is 8.94. The van der Waals surface area contributed by atoms with E-state index in [1.54, 1.807) is 16.9 Å². The highest BCUT2D eigenvalue weighted by Crippen LogP contribution is 2.39. The molecule has 2 amide bonds. The van der Waals surface area contributed by atoms with Crippen LogP contribution in [0.2, 0.25) is 0 Å². The van der Waals surface area contributed by atoms with E-state index in [0.717, 1.165) is 35.5 Å². The lowest BCUT2D eigenvalue weighted by atomic mass is 10.0. The topological polar surface area (TPSA) is 62.3 Å². The highest BCUT2D eigenvalue weighted by Gasteiger charge is 2.30. The van der Waals surface area contributed by atoms with Crippen LogP contribution >= 0.6 is 0 Å². The SMILES string of the molecule is COc1cc2c(cc1N1CCN(C(=O)OC(C)(C)C)CC1)CCC(C)C(=O)N2C. The van der Waals surface area contributed by atoms with Crippen molar-refractivity contribution in [3.63, 3.8) is 0 Å². The third-order valence-corrected chi connectivity index (χ3v) is 5.61. The van der Waals surface area contributed by atoms with Gasteiger partial charge in [0.1, 0.15) is 11.4 Å². The van der Waals surface area contributed by atoms with Crippen LogP contribution in [0.1, 0.15) is 39.7 Å². The normalized spacial score (nSPS) is 20.3. The van der Waals surface area contributed by atoms with Crippen molar-refractivity contribution in [2.75, 3.05) is 50.1 Å². The number of amides is 2. The fourth-order valence-corrected chi connectivity index (χ4v) is 3.93. The van der Waals surface area contributed by atoms with Gasteiger partial charge in [0.2, 0.25) is 5.91 Å². The monoisotopic (exact) mass is 403 g/mol. The fourth-order valence-electron chi connectivity index (χ4n) is 3.93. The Hall–Kier alpha value is -2.44. The molecule has 0 aromatic heterocycles. The number of benzene rings is 1. The van der Waals surface area contributed by atoms with Gasteiger partial charge in [-0.1, -0.05) is 6.92 Å². The zero-order valence-corrected chi connectivity index (χ0v) is 18.4. The second-order valence-corrected chi connectivity index (χ2v) is 8.94. The third-order valence-electron chi connectivity index (χ3n) is 5.61. The predicted octanol–water partition coefficient (Wildman–Crippen LogP) is 3.30. The predicted molar refractivity (Wildman–Crippen MR) is 114 cm³/mol. The molecule has 7 heteroatoms. The van der Waals surface area contributed by atoms with E-state index in [4.69, 9.17) is 9.47 Å². The molecule has 7 nitrogen and oxygen atoms in total. The van der Waals surface area contributed by atoms with Crippen molar-refractivity contribution in [1.29, 1.82) is 0 Å². The number of aryl methyl sites for hydroxylation is 1. The van der Waals surface area contributed by atoms with E-state index >= 15 is 0 Å². The zero-order valence-electron chi connectivity index (χ0n) is 18.4. The number of carbonyl (C=O) groups excluding carboxylic acids is 2. The molecule has 0 radical (unpaired) electrons. The van der Waals surface area contributed by atoms with Crippen LogP contribution in [-0.2, 0) is 16.0 Å². The number of hydrogen-bond donors (Lipinski definition) is 0. The summed E-state index contributed by atoms with van der Waals surface area (Å²) in [6, 6.07) is 4.12. The number of hydrogen-bond acceptors (Lipinski definition) is 5. The summed E-state index contributed by atoms with van der Waals surface area (Å²) in [5.74, 6) is 0.910. The van der Waals surface area contributed by atoms with E-state index in [9.17, 15) is 9.59 Å². The average molecular weight is 404 g/mol. The van der Waals surface area contributed by atoms with Gasteiger partial charge in [0, 0.05) is 45.2 Å². The van der Waals surface area contributed by atoms with E-state index in [1.165, 1.54) is 0 Å². The van der Waals surface area contributed by atoms with E-state index in [-0.39, 0.29) is 17.9 Å². The lowest BCUT2D eigenvalue weighted by Gasteiger charge is -2.37. The van der Waals surface area contributed by atoms with Gasteiger partial charge in [-0.15, -0.1) is 0 Å². The summed E-state index contributed by atoms with van der Waals surface area (Å²) >= 11 is 0. The molecule has 0 spiro atoms. The van der Waals surface area contributed by atoms with E-state index in [2.05, 4.69) is 11.0 Å². The molecule has 2 aliphatic heterocycles. The van der Waals surface area contributed by atoms with Crippen LogP contribution in [0.5, 0.6) is 5.75 Å². The van der Waals surface area contributed by atoms with Gasteiger partial charge in [-0.25, -0.2) is 4.79 Å². The quantitative estimate of drug-likeness (QED) is 0.758. The zero-order chi connectivity index (χ0) is 21.3. The summed E-state index contributed by atoms with van der Waals surface area (Å²) in [5.41, 5.74) is 2.61. The van der Waals surface area contributed by atoms with Gasteiger partial charge < -0.3 is 24.2 Å². The minimum atomic E-state index is -0.491. The van der Waals surface area contributed by atoms with Crippen LogP contribution in [0.25, 0.3) is 0 Å². The van der Waals surface area contributed by atoms with Gasteiger partial charge in [0.15, 0.2) is 0 Å². The molecule has 160 valence electrons. The molecule has 3 rings (SSSR count). The van der Waals surface area contributed by atoms with Crippen molar-refractivity contribution in [3.8, 4) is 5.75 Å². The van der Waals surface area contributed by atoms with Crippen molar-refractivity contribution >= 4 is 23.4 Å². The Bertz CT molecular complexity index is 779. The van der Waals surface area contributed by atoms with Crippen LogP contribution in [-0.4, -0.2) is 62.8 Å². The van der Waals surface area contributed by atoms with Crippen LogP contribution in [0.15, 0.2) is 12.1 Å². The molecule has 1 aromatic carbocycles. The molecule has 0 N–H and O–H groups in total. The average Bonchev–Trinajstić information content (AvgIpc) is 2.78. The van der Waals surface area contributed by atoms with Crippen molar-refractivity contribution in [2.45, 2.75) is 46.1 Å². The largest absolute Gasteiger partial charge is 0.495 e. The van der Waals surface area contributed by atoms with Crippen LogP contribution in [0.3, 0.4) is 0 Å². The first-order chi connectivity index (χ1) is 13.6.